The van der Waals surface area contributed by atoms with Gasteiger partial charge in [-0.05, 0) is 27.2 Å². The van der Waals surface area contributed by atoms with Crippen molar-refractivity contribution in [2.24, 2.45) is 5.92 Å². The standard InChI is InChI=1S/C9H17NO3/c1-9(2,3)13-10-8(11)7-4-5-12-6-7/h7H,4-6H2,1-3H3,(H,10,11). The fraction of sp³-hybridized carbons (Fsp3) is 0.889. The molecule has 4 nitrogen and oxygen atoms in total. The maximum absolute atomic E-state index is 11.4. The molecule has 1 aliphatic heterocycles. The number of carbonyl (C=O) groups excluding carboxylic acids is 1. The number of amides is 1. The Morgan fingerprint density at radius 2 is 2.23 bits per heavy atom. The van der Waals surface area contributed by atoms with Gasteiger partial charge in [0.05, 0.1) is 18.1 Å². The number of hydrogen-bond donors (Lipinski definition) is 1. The minimum Gasteiger partial charge on any atom is -0.381 e. The summed E-state index contributed by atoms with van der Waals surface area (Å²) in [5.74, 6) is -0.116. The molecule has 1 rings (SSSR count). The zero-order valence-electron chi connectivity index (χ0n) is 8.42. The fourth-order valence-electron chi connectivity index (χ4n) is 1.03. The molecule has 1 atom stereocenters. The molecule has 0 aromatic rings. The Balaban J connectivity index is 2.25. The molecule has 0 aliphatic carbocycles. The molecule has 1 fully saturated rings. The van der Waals surface area contributed by atoms with Crippen LogP contribution in [0.3, 0.4) is 0 Å². The third-order valence-electron chi connectivity index (χ3n) is 1.76. The largest absolute Gasteiger partial charge is 0.381 e. The first-order valence-electron chi connectivity index (χ1n) is 4.54. The van der Waals surface area contributed by atoms with Gasteiger partial charge in [-0.15, -0.1) is 0 Å². The Labute approximate surface area is 78.5 Å². The number of carbonyl (C=O) groups is 1. The molecule has 1 N–H and O–H groups in total. The number of hydrogen-bond acceptors (Lipinski definition) is 3. The van der Waals surface area contributed by atoms with E-state index in [1.165, 1.54) is 0 Å². The van der Waals surface area contributed by atoms with Crippen LogP contribution in [-0.2, 0) is 14.4 Å². The van der Waals surface area contributed by atoms with E-state index in [-0.39, 0.29) is 17.4 Å². The summed E-state index contributed by atoms with van der Waals surface area (Å²) in [6.07, 6.45) is 0.791. The predicted octanol–water partition coefficient (Wildman–Crippen LogP) is 0.869. The van der Waals surface area contributed by atoms with Crippen LogP contribution in [0.4, 0.5) is 0 Å². The van der Waals surface area contributed by atoms with Crippen LogP contribution in [0.5, 0.6) is 0 Å². The van der Waals surface area contributed by atoms with Gasteiger partial charge in [0, 0.05) is 6.61 Å². The quantitative estimate of drug-likeness (QED) is 0.652. The van der Waals surface area contributed by atoms with Gasteiger partial charge in [-0.25, -0.2) is 5.48 Å². The zero-order valence-corrected chi connectivity index (χ0v) is 8.42. The van der Waals surface area contributed by atoms with E-state index in [0.717, 1.165) is 6.42 Å². The lowest BCUT2D eigenvalue weighted by Crippen LogP contribution is -2.37. The van der Waals surface area contributed by atoms with E-state index in [1.807, 2.05) is 20.8 Å². The third kappa shape index (κ3) is 3.74. The van der Waals surface area contributed by atoms with Crippen LogP contribution >= 0.6 is 0 Å². The van der Waals surface area contributed by atoms with Crippen LogP contribution in [0.1, 0.15) is 27.2 Å². The molecule has 76 valence electrons. The molecule has 0 aromatic carbocycles. The van der Waals surface area contributed by atoms with Gasteiger partial charge in [0.2, 0.25) is 5.91 Å². The molecule has 0 saturated carbocycles. The van der Waals surface area contributed by atoms with Gasteiger partial charge in [0.1, 0.15) is 0 Å². The summed E-state index contributed by atoms with van der Waals surface area (Å²) in [6.45, 7) is 6.85. The summed E-state index contributed by atoms with van der Waals surface area (Å²) < 4.78 is 5.09. The Morgan fingerprint density at radius 1 is 1.54 bits per heavy atom. The number of nitrogens with one attached hydrogen (secondary N) is 1. The molecule has 1 unspecified atom stereocenters. The molecule has 0 radical (unpaired) electrons. The molecule has 1 saturated heterocycles. The van der Waals surface area contributed by atoms with Gasteiger partial charge >= 0.3 is 0 Å². The Hall–Kier alpha value is -0.610. The first kappa shape index (κ1) is 10.5. The van der Waals surface area contributed by atoms with Crippen LogP contribution in [0.25, 0.3) is 0 Å². The molecule has 1 heterocycles. The van der Waals surface area contributed by atoms with Gasteiger partial charge in [0.15, 0.2) is 0 Å². The second-order valence-corrected chi connectivity index (χ2v) is 4.24. The van der Waals surface area contributed by atoms with Crippen LogP contribution < -0.4 is 5.48 Å². The van der Waals surface area contributed by atoms with Crippen molar-refractivity contribution in [3.8, 4) is 0 Å². The summed E-state index contributed by atoms with van der Waals surface area (Å²) in [5, 5.41) is 0. The van der Waals surface area contributed by atoms with E-state index < -0.39 is 0 Å². The third-order valence-corrected chi connectivity index (χ3v) is 1.76. The van der Waals surface area contributed by atoms with Crippen molar-refractivity contribution in [2.45, 2.75) is 32.8 Å². The number of ether oxygens (including phenoxy) is 1. The van der Waals surface area contributed by atoms with Crippen molar-refractivity contribution < 1.29 is 14.4 Å². The van der Waals surface area contributed by atoms with Crippen LogP contribution in [0, 0.1) is 5.92 Å². The van der Waals surface area contributed by atoms with Crippen molar-refractivity contribution in [1.82, 2.24) is 5.48 Å². The summed E-state index contributed by atoms with van der Waals surface area (Å²) in [5.41, 5.74) is 2.11. The minimum atomic E-state index is -0.338. The maximum Gasteiger partial charge on any atom is 0.249 e. The maximum atomic E-state index is 11.4. The highest BCUT2D eigenvalue weighted by Crippen LogP contribution is 2.13. The molecule has 0 bridgehead atoms. The van der Waals surface area contributed by atoms with Gasteiger partial charge in [-0.3, -0.25) is 9.63 Å². The van der Waals surface area contributed by atoms with Crippen LogP contribution in [0.2, 0.25) is 0 Å². The monoisotopic (exact) mass is 187 g/mol. The molecule has 0 aromatic heterocycles. The van der Waals surface area contributed by atoms with Crippen LogP contribution in [0.15, 0.2) is 0 Å². The van der Waals surface area contributed by atoms with E-state index in [1.54, 1.807) is 0 Å². The second kappa shape index (κ2) is 4.07. The van der Waals surface area contributed by atoms with Gasteiger partial charge in [-0.1, -0.05) is 0 Å². The molecule has 13 heavy (non-hydrogen) atoms. The predicted molar refractivity (Wildman–Crippen MR) is 47.9 cm³/mol. The summed E-state index contributed by atoms with van der Waals surface area (Å²) >= 11 is 0. The minimum absolute atomic E-state index is 0.0395. The molecule has 0 spiro atoms. The fourth-order valence-corrected chi connectivity index (χ4v) is 1.03. The summed E-state index contributed by atoms with van der Waals surface area (Å²) in [7, 11) is 0. The lowest BCUT2D eigenvalue weighted by Gasteiger charge is -2.20. The van der Waals surface area contributed by atoms with E-state index in [2.05, 4.69) is 5.48 Å². The highest BCUT2D eigenvalue weighted by atomic mass is 16.7. The normalized spacial score (nSPS) is 23.2. The topological polar surface area (TPSA) is 47.6 Å². The molecular weight excluding hydrogens is 170 g/mol. The molecule has 1 aliphatic rings. The van der Waals surface area contributed by atoms with E-state index >= 15 is 0 Å². The van der Waals surface area contributed by atoms with E-state index in [0.29, 0.717) is 13.2 Å². The first-order valence-corrected chi connectivity index (χ1v) is 4.54. The van der Waals surface area contributed by atoms with Crippen molar-refractivity contribution >= 4 is 5.91 Å². The summed E-state index contributed by atoms with van der Waals surface area (Å²) in [4.78, 5) is 16.5. The van der Waals surface area contributed by atoms with E-state index in [4.69, 9.17) is 9.57 Å². The number of rotatable bonds is 2. The molecule has 1 amide bonds. The Bertz CT molecular complexity index is 180. The van der Waals surface area contributed by atoms with Crippen molar-refractivity contribution in [2.75, 3.05) is 13.2 Å². The Morgan fingerprint density at radius 3 is 2.69 bits per heavy atom. The summed E-state index contributed by atoms with van der Waals surface area (Å²) in [6, 6.07) is 0. The number of hydroxylamine groups is 1. The lowest BCUT2D eigenvalue weighted by molar-refractivity contribution is -0.149. The van der Waals surface area contributed by atoms with Gasteiger partial charge in [0.25, 0.3) is 0 Å². The second-order valence-electron chi connectivity index (χ2n) is 4.24. The van der Waals surface area contributed by atoms with E-state index in [9.17, 15) is 4.79 Å². The smallest absolute Gasteiger partial charge is 0.249 e. The molecular formula is C9H17NO3. The van der Waals surface area contributed by atoms with Gasteiger partial charge < -0.3 is 4.74 Å². The van der Waals surface area contributed by atoms with Crippen molar-refractivity contribution in [1.29, 1.82) is 0 Å². The lowest BCUT2D eigenvalue weighted by atomic mass is 10.1. The highest BCUT2D eigenvalue weighted by Gasteiger charge is 2.24. The molecule has 4 heteroatoms. The zero-order chi connectivity index (χ0) is 9.90. The van der Waals surface area contributed by atoms with Gasteiger partial charge in [-0.2, -0.15) is 0 Å². The average Bonchev–Trinajstić information content (AvgIpc) is 2.50. The average molecular weight is 187 g/mol. The highest BCUT2D eigenvalue weighted by molar-refractivity contribution is 5.77. The Kier molecular flexibility index (Phi) is 3.27. The first-order chi connectivity index (χ1) is 5.99. The van der Waals surface area contributed by atoms with Crippen LogP contribution in [-0.4, -0.2) is 24.7 Å². The van der Waals surface area contributed by atoms with Crippen molar-refractivity contribution in [3.63, 3.8) is 0 Å². The van der Waals surface area contributed by atoms with Crippen molar-refractivity contribution in [3.05, 3.63) is 0 Å². The SMILES string of the molecule is CC(C)(C)ONC(=O)C1CCOC1.